The van der Waals surface area contributed by atoms with Crippen molar-refractivity contribution in [1.29, 1.82) is 0 Å². The first kappa shape index (κ1) is 11.7. The molecule has 0 saturated heterocycles. The maximum atomic E-state index is 11.8. The Hall–Kier alpha value is -1.81. The highest BCUT2D eigenvalue weighted by atomic mass is 35.5. The zero-order valence-corrected chi connectivity index (χ0v) is 9.96. The molecule has 2 rings (SSSR count). The van der Waals surface area contributed by atoms with E-state index in [1.807, 2.05) is 0 Å². The van der Waals surface area contributed by atoms with Crippen LogP contribution in [0.4, 0.5) is 0 Å². The van der Waals surface area contributed by atoms with E-state index in [1.54, 1.807) is 54.5 Å². The zero-order valence-electron chi connectivity index (χ0n) is 9.21. The molecule has 5 heteroatoms. The Morgan fingerprint density at radius 1 is 1.41 bits per heavy atom. The quantitative estimate of drug-likeness (QED) is 0.621. The van der Waals surface area contributed by atoms with Crippen LogP contribution in [-0.2, 0) is 4.79 Å². The van der Waals surface area contributed by atoms with Gasteiger partial charge in [0.05, 0.1) is 6.33 Å². The lowest BCUT2D eigenvalue weighted by Gasteiger charge is -2.12. The highest BCUT2D eigenvalue weighted by molar-refractivity contribution is 6.30. The molecule has 1 aromatic heterocycles. The lowest BCUT2D eigenvalue weighted by molar-refractivity contribution is -0.137. The third-order valence-electron chi connectivity index (χ3n) is 2.35. The Kier molecular flexibility index (Phi) is 3.44. The monoisotopic (exact) mass is 250 g/mol. The van der Waals surface area contributed by atoms with Gasteiger partial charge in [-0.1, -0.05) is 11.6 Å². The van der Waals surface area contributed by atoms with E-state index in [0.29, 0.717) is 10.8 Å². The number of benzene rings is 1. The van der Waals surface area contributed by atoms with E-state index in [-0.39, 0.29) is 5.97 Å². The largest absolute Gasteiger partial charge is 0.425 e. The van der Waals surface area contributed by atoms with Gasteiger partial charge >= 0.3 is 5.97 Å². The molecule has 0 amide bonds. The van der Waals surface area contributed by atoms with Crippen molar-refractivity contribution in [2.24, 2.45) is 0 Å². The van der Waals surface area contributed by atoms with Gasteiger partial charge in [-0.15, -0.1) is 0 Å². The van der Waals surface area contributed by atoms with Crippen molar-refractivity contribution in [2.45, 2.75) is 13.0 Å². The van der Waals surface area contributed by atoms with Crippen LogP contribution in [0.15, 0.2) is 43.0 Å². The number of hydrogen-bond donors (Lipinski definition) is 0. The summed E-state index contributed by atoms with van der Waals surface area (Å²) in [5, 5.41) is 0.604. The second-order valence-electron chi connectivity index (χ2n) is 3.56. The first-order valence-electron chi connectivity index (χ1n) is 5.11. The number of hydrogen-bond acceptors (Lipinski definition) is 3. The van der Waals surface area contributed by atoms with E-state index in [1.165, 1.54) is 0 Å². The average Bonchev–Trinajstić information content (AvgIpc) is 2.84. The van der Waals surface area contributed by atoms with E-state index in [9.17, 15) is 4.79 Å². The summed E-state index contributed by atoms with van der Waals surface area (Å²) in [5.41, 5.74) is 0. The Balaban J connectivity index is 2.04. The molecule has 1 unspecified atom stereocenters. The highest BCUT2D eigenvalue weighted by Gasteiger charge is 2.16. The summed E-state index contributed by atoms with van der Waals surface area (Å²) in [7, 11) is 0. The van der Waals surface area contributed by atoms with Gasteiger partial charge in [-0.25, -0.2) is 9.78 Å². The smallest absolute Gasteiger partial charge is 0.334 e. The first-order chi connectivity index (χ1) is 8.16. The number of ether oxygens (including phenoxy) is 1. The number of imidazole rings is 1. The number of esters is 1. The maximum Gasteiger partial charge on any atom is 0.334 e. The van der Waals surface area contributed by atoms with E-state index >= 15 is 0 Å². The van der Waals surface area contributed by atoms with Crippen LogP contribution in [0.2, 0.25) is 5.02 Å². The van der Waals surface area contributed by atoms with Crippen LogP contribution in [0.25, 0.3) is 0 Å². The lowest BCUT2D eigenvalue weighted by atomic mass is 10.3. The van der Waals surface area contributed by atoms with Crippen molar-refractivity contribution in [3.63, 3.8) is 0 Å². The third kappa shape index (κ3) is 2.85. The Morgan fingerprint density at radius 3 is 2.71 bits per heavy atom. The van der Waals surface area contributed by atoms with Crippen molar-refractivity contribution >= 4 is 17.6 Å². The fourth-order valence-corrected chi connectivity index (χ4v) is 1.45. The van der Waals surface area contributed by atoms with E-state index in [2.05, 4.69) is 4.98 Å². The zero-order chi connectivity index (χ0) is 12.3. The fourth-order valence-electron chi connectivity index (χ4n) is 1.32. The van der Waals surface area contributed by atoms with Crippen LogP contribution in [0.1, 0.15) is 13.0 Å². The SMILES string of the molecule is CC(C(=O)Oc1ccc(Cl)cc1)n1ccnc1. The van der Waals surface area contributed by atoms with Crippen LogP contribution >= 0.6 is 11.6 Å². The number of aromatic nitrogens is 2. The Labute approximate surface area is 104 Å². The summed E-state index contributed by atoms with van der Waals surface area (Å²) >= 11 is 5.74. The number of carbonyl (C=O) groups is 1. The van der Waals surface area contributed by atoms with Gasteiger partial charge < -0.3 is 9.30 Å². The molecule has 0 N–H and O–H groups in total. The summed E-state index contributed by atoms with van der Waals surface area (Å²) < 4.78 is 6.89. The summed E-state index contributed by atoms with van der Waals surface area (Å²) in [6, 6.07) is 6.24. The van der Waals surface area contributed by atoms with Gasteiger partial charge in [-0.05, 0) is 31.2 Å². The van der Waals surface area contributed by atoms with Gasteiger partial charge in [0.1, 0.15) is 11.8 Å². The molecular formula is C12H11ClN2O2. The minimum Gasteiger partial charge on any atom is -0.425 e. The summed E-state index contributed by atoms with van der Waals surface area (Å²) in [6.45, 7) is 1.75. The van der Waals surface area contributed by atoms with Gasteiger partial charge in [0, 0.05) is 17.4 Å². The molecular weight excluding hydrogens is 240 g/mol. The number of nitrogens with zero attached hydrogens (tertiary/aromatic N) is 2. The molecule has 0 radical (unpaired) electrons. The topological polar surface area (TPSA) is 44.1 Å². The molecule has 0 aliphatic rings. The predicted molar refractivity (Wildman–Crippen MR) is 64.0 cm³/mol. The molecule has 1 aromatic carbocycles. The molecule has 4 nitrogen and oxygen atoms in total. The maximum absolute atomic E-state index is 11.8. The molecule has 0 saturated carbocycles. The second-order valence-corrected chi connectivity index (χ2v) is 4.00. The van der Waals surface area contributed by atoms with Crippen LogP contribution in [0, 0.1) is 0 Å². The Morgan fingerprint density at radius 2 is 2.12 bits per heavy atom. The normalized spacial score (nSPS) is 12.1. The van der Waals surface area contributed by atoms with Gasteiger partial charge in [-0.2, -0.15) is 0 Å². The van der Waals surface area contributed by atoms with Gasteiger partial charge in [0.2, 0.25) is 0 Å². The molecule has 1 atom stereocenters. The summed E-state index contributed by atoms with van der Waals surface area (Å²) in [6.07, 6.45) is 4.91. The van der Waals surface area contributed by atoms with E-state index in [4.69, 9.17) is 16.3 Å². The number of rotatable bonds is 3. The number of carbonyl (C=O) groups excluding carboxylic acids is 1. The van der Waals surface area contributed by atoms with Gasteiger partial charge in [0.15, 0.2) is 0 Å². The average molecular weight is 251 g/mol. The number of halogens is 1. The van der Waals surface area contributed by atoms with Crippen molar-refractivity contribution in [1.82, 2.24) is 9.55 Å². The first-order valence-corrected chi connectivity index (χ1v) is 5.49. The molecule has 0 aliphatic carbocycles. The minimum absolute atomic E-state index is 0.342. The van der Waals surface area contributed by atoms with Crippen molar-refractivity contribution < 1.29 is 9.53 Å². The third-order valence-corrected chi connectivity index (χ3v) is 2.60. The van der Waals surface area contributed by atoms with E-state index in [0.717, 1.165) is 0 Å². The molecule has 0 fully saturated rings. The van der Waals surface area contributed by atoms with Crippen LogP contribution in [-0.4, -0.2) is 15.5 Å². The molecule has 88 valence electrons. The van der Waals surface area contributed by atoms with Gasteiger partial charge in [-0.3, -0.25) is 0 Å². The summed E-state index contributed by atoms with van der Waals surface area (Å²) in [5.74, 6) is 0.136. The predicted octanol–water partition coefficient (Wildman–Crippen LogP) is 2.70. The fraction of sp³-hybridized carbons (Fsp3) is 0.167. The Bertz CT molecular complexity index is 494. The van der Waals surface area contributed by atoms with Crippen LogP contribution < -0.4 is 4.74 Å². The molecule has 0 aliphatic heterocycles. The van der Waals surface area contributed by atoms with Crippen LogP contribution in [0.5, 0.6) is 5.75 Å². The molecule has 1 heterocycles. The standard InChI is InChI=1S/C12H11ClN2O2/c1-9(15-7-6-14-8-15)12(16)17-11-4-2-10(13)3-5-11/h2-9H,1H3. The van der Waals surface area contributed by atoms with E-state index < -0.39 is 6.04 Å². The molecule has 0 bridgehead atoms. The van der Waals surface area contributed by atoms with Crippen molar-refractivity contribution in [3.05, 3.63) is 48.0 Å². The van der Waals surface area contributed by atoms with Gasteiger partial charge in [0.25, 0.3) is 0 Å². The molecule has 0 spiro atoms. The second kappa shape index (κ2) is 5.01. The lowest BCUT2D eigenvalue weighted by Crippen LogP contribution is -2.20. The minimum atomic E-state index is -0.409. The van der Waals surface area contributed by atoms with Crippen molar-refractivity contribution in [2.75, 3.05) is 0 Å². The van der Waals surface area contributed by atoms with Crippen LogP contribution in [0.3, 0.4) is 0 Å². The molecule has 2 aromatic rings. The van der Waals surface area contributed by atoms with Crippen molar-refractivity contribution in [3.8, 4) is 5.75 Å². The summed E-state index contributed by atoms with van der Waals surface area (Å²) in [4.78, 5) is 15.7. The highest BCUT2D eigenvalue weighted by Crippen LogP contribution is 2.17. The molecule has 17 heavy (non-hydrogen) atoms.